The van der Waals surface area contributed by atoms with Gasteiger partial charge in [0.15, 0.2) is 0 Å². The Morgan fingerprint density at radius 1 is 1.24 bits per heavy atom. The van der Waals surface area contributed by atoms with E-state index in [1.807, 2.05) is 26.0 Å². The van der Waals surface area contributed by atoms with Gasteiger partial charge in [-0.1, -0.05) is 13.3 Å². The van der Waals surface area contributed by atoms with E-state index in [1.165, 1.54) is 4.68 Å². The van der Waals surface area contributed by atoms with Crippen LogP contribution in [0.1, 0.15) is 62.5 Å². The van der Waals surface area contributed by atoms with E-state index in [9.17, 15) is 9.59 Å². The maximum atomic E-state index is 12.0. The lowest BCUT2D eigenvalue weighted by molar-refractivity contribution is 0.0526. The van der Waals surface area contributed by atoms with E-state index in [1.54, 1.807) is 25.3 Å². The predicted octanol–water partition coefficient (Wildman–Crippen LogP) is 3.83. The van der Waals surface area contributed by atoms with E-state index in [4.69, 9.17) is 9.47 Å². The molecule has 0 unspecified atom stereocenters. The minimum Gasteiger partial charge on any atom is -0.493 e. The van der Waals surface area contributed by atoms with Crippen LogP contribution in [0.4, 0.5) is 5.69 Å². The topological polar surface area (TPSA) is 82.4 Å². The first kappa shape index (κ1) is 22.5. The van der Waals surface area contributed by atoms with Crippen LogP contribution in [-0.2, 0) is 11.2 Å². The number of carbonyl (C=O) groups is 1. The Kier molecular flexibility index (Phi) is 8.70. The molecule has 0 radical (unpaired) electrons. The standard InChI is InChI=1S/C22H31N3O4/c1-5-8-17-13-18(22(27)28-6-2)9-10-20(17)29-12-7-11-23-19-14-21(26)25(16(3)4)24-15-19/h9-10,13-16,23H,5-8,11-12H2,1-4H3. The number of aromatic nitrogens is 2. The highest BCUT2D eigenvalue weighted by molar-refractivity contribution is 5.89. The summed E-state index contributed by atoms with van der Waals surface area (Å²) >= 11 is 0. The van der Waals surface area contributed by atoms with Gasteiger partial charge in [-0.25, -0.2) is 9.48 Å². The molecule has 0 atom stereocenters. The van der Waals surface area contributed by atoms with Crippen molar-refractivity contribution in [1.29, 1.82) is 0 Å². The van der Waals surface area contributed by atoms with Gasteiger partial charge in [0.1, 0.15) is 5.75 Å². The van der Waals surface area contributed by atoms with Crippen molar-refractivity contribution in [1.82, 2.24) is 9.78 Å². The molecule has 0 aliphatic carbocycles. The highest BCUT2D eigenvalue weighted by atomic mass is 16.5. The first-order valence-electron chi connectivity index (χ1n) is 10.2. The minimum atomic E-state index is -0.311. The third-order valence-corrected chi connectivity index (χ3v) is 4.31. The van der Waals surface area contributed by atoms with Crippen LogP contribution in [-0.4, -0.2) is 35.5 Å². The Balaban J connectivity index is 1.87. The van der Waals surface area contributed by atoms with Crippen molar-refractivity contribution < 1.29 is 14.3 Å². The maximum Gasteiger partial charge on any atom is 0.338 e. The second-order valence-electron chi connectivity index (χ2n) is 7.04. The molecule has 1 heterocycles. The van der Waals surface area contributed by atoms with Gasteiger partial charge in [-0.05, 0) is 57.4 Å². The summed E-state index contributed by atoms with van der Waals surface area (Å²) < 4.78 is 12.4. The Labute approximate surface area is 172 Å². The number of nitrogens with one attached hydrogen (secondary N) is 1. The summed E-state index contributed by atoms with van der Waals surface area (Å²) in [6.45, 7) is 9.27. The molecule has 1 N–H and O–H groups in total. The van der Waals surface area contributed by atoms with E-state index >= 15 is 0 Å². The molecule has 1 aromatic carbocycles. The Morgan fingerprint density at radius 3 is 2.69 bits per heavy atom. The van der Waals surface area contributed by atoms with Gasteiger partial charge in [-0.3, -0.25) is 4.79 Å². The highest BCUT2D eigenvalue weighted by Gasteiger charge is 2.11. The van der Waals surface area contributed by atoms with Crippen molar-refractivity contribution in [2.24, 2.45) is 0 Å². The largest absolute Gasteiger partial charge is 0.493 e. The summed E-state index contributed by atoms with van der Waals surface area (Å²) in [7, 11) is 0. The lowest BCUT2D eigenvalue weighted by atomic mass is 10.1. The molecule has 0 aliphatic rings. The first-order chi connectivity index (χ1) is 14.0. The summed E-state index contributed by atoms with van der Waals surface area (Å²) in [5.41, 5.74) is 2.14. The van der Waals surface area contributed by atoms with Crippen molar-refractivity contribution in [2.75, 3.05) is 25.1 Å². The van der Waals surface area contributed by atoms with E-state index in [0.717, 1.165) is 30.6 Å². The van der Waals surface area contributed by atoms with Gasteiger partial charge in [0.2, 0.25) is 0 Å². The van der Waals surface area contributed by atoms with Crippen LogP contribution in [0.3, 0.4) is 0 Å². The molecule has 2 rings (SSSR count). The third-order valence-electron chi connectivity index (χ3n) is 4.31. The van der Waals surface area contributed by atoms with Gasteiger partial charge in [0.25, 0.3) is 5.56 Å². The van der Waals surface area contributed by atoms with Crippen molar-refractivity contribution in [3.8, 4) is 5.75 Å². The van der Waals surface area contributed by atoms with Crippen molar-refractivity contribution in [3.05, 3.63) is 51.9 Å². The van der Waals surface area contributed by atoms with Gasteiger partial charge in [-0.15, -0.1) is 0 Å². The molecular formula is C22H31N3O4. The zero-order valence-corrected chi connectivity index (χ0v) is 17.7. The number of ether oxygens (including phenoxy) is 2. The Hall–Kier alpha value is -2.83. The summed E-state index contributed by atoms with van der Waals surface area (Å²) in [4.78, 5) is 23.9. The predicted molar refractivity (Wildman–Crippen MR) is 114 cm³/mol. The van der Waals surface area contributed by atoms with Gasteiger partial charge >= 0.3 is 5.97 Å². The molecule has 0 aliphatic heterocycles. The molecule has 1 aromatic heterocycles. The maximum absolute atomic E-state index is 12.0. The van der Waals surface area contributed by atoms with Crippen LogP contribution in [0, 0.1) is 0 Å². The van der Waals surface area contributed by atoms with Crippen molar-refractivity contribution in [2.45, 2.75) is 53.0 Å². The fourth-order valence-electron chi connectivity index (χ4n) is 2.92. The van der Waals surface area contributed by atoms with Crippen LogP contribution in [0.2, 0.25) is 0 Å². The summed E-state index contributed by atoms with van der Waals surface area (Å²) in [6.07, 6.45) is 4.21. The second kappa shape index (κ2) is 11.2. The Bertz CT molecular complexity index is 861. The summed E-state index contributed by atoms with van der Waals surface area (Å²) in [5, 5.41) is 7.36. The minimum absolute atomic E-state index is 0.0393. The number of hydrogen-bond acceptors (Lipinski definition) is 6. The molecule has 0 bridgehead atoms. The van der Waals surface area contributed by atoms with E-state index in [2.05, 4.69) is 17.3 Å². The lowest BCUT2D eigenvalue weighted by Gasteiger charge is -2.13. The molecule has 0 saturated carbocycles. The molecular weight excluding hydrogens is 370 g/mol. The summed E-state index contributed by atoms with van der Waals surface area (Å²) in [5.74, 6) is 0.481. The normalized spacial score (nSPS) is 10.8. The smallest absolute Gasteiger partial charge is 0.338 e. The van der Waals surface area contributed by atoms with Crippen LogP contribution in [0.25, 0.3) is 0 Å². The first-order valence-corrected chi connectivity index (χ1v) is 10.2. The number of carbonyl (C=O) groups excluding carboxylic acids is 1. The van der Waals surface area contributed by atoms with Gasteiger partial charge < -0.3 is 14.8 Å². The molecule has 7 nitrogen and oxygen atoms in total. The molecule has 29 heavy (non-hydrogen) atoms. The van der Waals surface area contributed by atoms with Crippen LogP contribution >= 0.6 is 0 Å². The zero-order chi connectivity index (χ0) is 21.2. The van der Waals surface area contributed by atoms with Crippen molar-refractivity contribution in [3.63, 3.8) is 0 Å². The number of hydrogen-bond donors (Lipinski definition) is 1. The fourth-order valence-corrected chi connectivity index (χ4v) is 2.92. The van der Waals surface area contributed by atoms with Crippen molar-refractivity contribution >= 4 is 11.7 Å². The molecule has 158 valence electrons. The van der Waals surface area contributed by atoms with Crippen LogP contribution in [0.5, 0.6) is 5.75 Å². The summed E-state index contributed by atoms with van der Waals surface area (Å²) in [6, 6.07) is 7.02. The molecule has 0 amide bonds. The van der Waals surface area contributed by atoms with Gasteiger partial charge in [0.05, 0.1) is 36.7 Å². The lowest BCUT2D eigenvalue weighted by Crippen LogP contribution is -2.24. The van der Waals surface area contributed by atoms with E-state index in [-0.39, 0.29) is 17.6 Å². The van der Waals surface area contributed by atoms with Gasteiger partial charge in [-0.2, -0.15) is 5.10 Å². The van der Waals surface area contributed by atoms with E-state index < -0.39 is 0 Å². The molecule has 2 aromatic rings. The number of esters is 1. The average Bonchev–Trinajstić information content (AvgIpc) is 2.68. The molecule has 0 fully saturated rings. The second-order valence-corrected chi connectivity index (χ2v) is 7.04. The number of rotatable bonds is 11. The SMILES string of the molecule is CCCc1cc(C(=O)OCC)ccc1OCCCNc1cnn(C(C)C)c(=O)c1. The number of anilines is 1. The monoisotopic (exact) mass is 401 g/mol. The van der Waals surface area contributed by atoms with Crippen LogP contribution in [0.15, 0.2) is 35.3 Å². The molecule has 0 spiro atoms. The highest BCUT2D eigenvalue weighted by Crippen LogP contribution is 2.22. The van der Waals surface area contributed by atoms with Gasteiger partial charge in [0, 0.05) is 12.6 Å². The fraction of sp³-hybridized carbons (Fsp3) is 0.500. The molecule has 0 saturated heterocycles. The zero-order valence-electron chi connectivity index (χ0n) is 17.7. The quantitative estimate of drug-likeness (QED) is 0.455. The third kappa shape index (κ3) is 6.62. The number of aryl methyl sites for hydroxylation is 1. The van der Waals surface area contributed by atoms with Crippen LogP contribution < -0.4 is 15.6 Å². The average molecular weight is 402 g/mol. The Morgan fingerprint density at radius 2 is 2.03 bits per heavy atom. The molecule has 7 heteroatoms. The number of nitrogens with zero attached hydrogens (tertiary/aromatic N) is 2. The number of benzene rings is 1. The van der Waals surface area contributed by atoms with E-state index in [0.29, 0.717) is 31.0 Å².